The lowest BCUT2D eigenvalue weighted by atomic mass is 10.1. The Hall–Kier alpha value is -4.02. The Morgan fingerprint density at radius 2 is 1.76 bits per heavy atom. The lowest BCUT2D eigenvalue weighted by Gasteiger charge is -2.14. The van der Waals surface area contributed by atoms with Gasteiger partial charge in [-0.2, -0.15) is 15.1 Å². The molecular formula is C21H14Cl2N8O2. The number of anilines is 3. The summed E-state index contributed by atoms with van der Waals surface area (Å²) in [4.78, 5) is 36.7. The molecule has 0 radical (unpaired) electrons. The summed E-state index contributed by atoms with van der Waals surface area (Å²) in [7, 11) is 0. The molecule has 164 valence electrons. The summed E-state index contributed by atoms with van der Waals surface area (Å²) in [6.45, 7) is 0. The van der Waals surface area contributed by atoms with Crippen LogP contribution in [0.4, 0.5) is 17.5 Å². The lowest BCUT2D eigenvalue weighted by Crippen LogP contribution is -2.25. The average Bonchev–Trinajstić information content (AvgIpc) is 3.22. The third kappa shape index (κ3) is 3.86. The molecule has 2 aromatic heterocycles. The van der Waals surface area contributed by atoms with E-state index in [1.807, 2.05) is 12.1 Å². The molecule has 33 heavy (non-hydrogen) atoms. The van der Waals surface area contributed by atoms with Crippen LogP contribution in [0.2, 0.25) is 10.0 Å². The monoisotopic (exact) mass is 480 g/mol. The zero-order chi connectivity index (χ0) is 23.1. The largest absolute Gasteiger partial charge is 0.384 e. The topological polar surface area (TPSA) is 140 Å². The van der Waals surface area contributed by atoms with Gasteiger partial charge in [0.1, 0.15) is 5.82 Å². The molecule has 4 aromatic rings. The van der Waals surface area contributed by atoms with Crippen LogP contribution in [0.15, 0.2) is 58.6 Å². The number of amides is 1. The van der Waals surface area contributed by atoms with Crippen molar-refractivity contribution in [1.29, 1.82) is 0 Å². The molecule has 4 N–H and O–H groups in total. The molecule has 5 rings (SSSR count). The van der Waals surface area contributed by atoms with Crippen LogP contribution in [0.25, 0.3) is 16.7 Å². The highest BCUT2D eigenvalue weighted by atomic mass is 35.5. The van der Waals surface area contributed by atoms with Crippen molar-refractivity contribution in [3.05, 3.63) is 74.8 Å². The predicted molar refractivity (Wildman–Crippen MR) is 126 cm³/mol. The summed E-state index contributed by atoms with van der Waals surface area (Å²) >= 11 is 12.5. The maximum Gasteiger partial charge on any atom is 0.355 e. The molecule has 1 aliphatic heterocycles. The number of para-hydroxylation sites is 1. The van der Waals surface area contributed by atoms with Crippen molar-refractivity contribution in [1.82, 2.24) is 24.9 Å². The van der Waals surface area contributed by atoms with E-state index in [0.717, 1.165) is 10.1 Å². The summed E-state index contributed by atoms with van der Waals surface area (Å²) in [6.07, 6.45) is 1.71. The third-order valence-corrected chi connectivity index (χ3v) is 5.57. The minimum atomic E-state index is -0.676. The van der Waals surface area contributed by atoms with Crippen LogP contribution in [0.1, 0.15) is 12.0 Å². The predicted octanol–water partition coefficient (Wildman–Crippen LogP) is 3.03. The Morgan fingerprint density at radius 3 is 2.42 bits per heavy atom. The number of hydrogen-bond acceptors (Lipinski definition) is 8. The van der Waals surface area contributed by atoms with Crippen LogP contribution in [0, 0.1) is 0 Å². The van der Waals surface area contributed by atoms with Crippen LogP contribution < -0.4 is 22.2 Å². The number of rotatable bonds is 4. The number of fused-ring (bicyclic) bond motifs is 1. The van der Waals surface area contributed by atoms with Gasteiger partial charge in [-0.05, 0) is 29.8 Å². The van der Waals surface area contributed by atoms with Gasteiger partial charge in [0.2, 0.25) is 11.9 Å². The van der Waals surface area contributed by atoms with Crippen LogP contribution in [-0.4, -0.2) is 31.1 Å². The standard InChI is InChI=1S/C21H14Cl2N8O2/c22-13-2-1-3-14(23)17(13)31-18(24)12-9-25-20(27-19(12)28-21(31)33)26-11-6-4-10(5-7-11)15-8-16(32)30-29-15/h1-7,9H,8,24H2,(H,30,32)(H,26,27,28,33). The van der Waals surface area contributed by atoms with Crippen molar-refractivity contribution < 1.29 is 4.79 Å². The van der Waals surface area contributed by atoms with Gasteiger partial charge in [0.15, 0.2) is 5.65 Å². The molecule has 0 saturated heterocycles. The van der Waals surface area contributed by atoms with Gasteiger partial charge in [0.05, 0.1) is 33.3 Å². The number of nitrogens with zero attached hydrogens (tertiary/aromatic N) is 5. The molecular weight excluding hydrogens is 467 g/mol. The molecule has 0 aliphatic carbocycles. The number of nitrogen functional groups attached to an aromatic ring is 1. The fraction of sp³-hybridized carbons (Fsp3) is 0.0476. The van der Waals surface area contributed by atoms with Crippen LogP contribution in [0.5, 0.6) is 0 Å². The Morgan fingerprint density at radius 1 is 1.03 bits per heavy atom. The molecule has 3 heterocycles. The van der Waals surface area contributed by atoms with E-state index in [1.165, 1.54) is 6.20 Å². The van der Waals surface area contributed by atoms with Gasteiger partial charge in [-0.15, -0.1) is 0 Å². The van der Waals surface area contributed by atoms with Crippen molar-refractivity contribution in [2.45, 2.75) is 6.42 Å². The van der Waals surface area contributed by atoms with Crippen molar-refractivity contribution in [2.24, 2.45) is 5.10 Å². The molecule has 0 unspecified atom stereocenters. The van der Waals surface area contributed by atoms with Crippen LogP contribution >= 0.6 is 23.2 Å². The highest BCUT2D eigenvalue weighted by Crippen LogP contribution is 2.30. The van der Waals surface area contributed by atoms with Gasteiger partial charge in [-0.25, -0.2) is 19.8 Å². The Bertz CT molecular complexity index is 1500. The Labute approximate surface area is 196 Å². The quantitative estimate of drug-likeness (QED) is 0.407. The summed E-state index contributed by atoms with van der Waals surface area (Å²) in [5, 5.41) is 7.92. The van der Waals surface area contributed by atoms with Gasteiger partial charge >= 0.3 is 5.69 Å². The van der Waals surface area contributed by atoms with Gasteiger partial charge in [-0.3, -0.25) is 4.79 Å². The van der Waals surface area contributed by atoms with Crippen LogP contribution in [-0.2, 0) is 4.79 Å². The first kappa shape index (κ1) is 20.9. The number of hydrogen-bond donors (Lipinski definition) is 3. The third-order valence-electron chi connectivity index (χ3n) is 4.96. The van der Waals surface area contributed by atoms with Gasteiger partial charge in [-0.1, -0.05) is 41.4 Å². The molecule has 1 aliphatic rings. The number of nitrogens with two attached hydrogens (primary N) is 1. The molecule has 1 amide bonds. The maximum atomic E-state index is 12.7. The van der Waals surface area contributed by atoms with E-state index in [0.29, 0.717) is 16.8 Å². The first-order chi connectivity index (χ1) is 15.9. The molecule has 0 spiro atoms. The molecule has 12 heteroatoms. The maximum absolute atomic E-state index is 12.7. The number of carbonyl (C=O) groups excluding carboxylic acids is 1. The smallest absolute Gasteiger partial charge is 0.355 e. The molecule has 0 saturated carbocycles. The second-order valence-corrected chi connectivity index (χ2v) is 7.90. The fourth-order valence-electron chi connectivity index (χ4n) is 3.38. The molecule has 0 bridgehead atoms. The van der Waals surface area contributed by atoms with Gasteiger partial charge in [0.25, 0.3) is 0 Å². The molecule has 0 atom stereocenters. The second kappa shape index (κ2) is 8.15. The van der Waals surface area contributed by atoms with Gasteiger partial charge in [0, 0.05) is 11.9 Å². The van der Waals surface area contributed by atoms with E-state index < -0.39 is 5.69 Å². The first-order valence-electron chi connectivity index (χ1n) is 9.63. The zero-order valence-electron chi connectivity index (χ0n) is 16.7. The van der Waals surface area contributed by atoms with Crippen molar-refractivity contribution in [3.63, 3.8) is 0 Å². The summed E-state index contributed by atoms with van der Waals surface area (Å²) in [6, 6.07) is 12.1. The fourth-order valence-corrected chi connectivity index (χ4v) is 3.95. The molecule has 0 fully saturated rings. The average molecular weight is 481 g/mol. The van der Waals surface area contributed by atoms with Crippen molar-refractivity contribution in [3.8, 4) is 5.69 Å². The Balaban J connectivity index is 1.47. The molecule has 10 nitrogen and oxygen atoms in total. The molecule has 2 aromatic carbocycles. The van der Waals surface area contributed by atoms with Crippen molar-refractivity contribution >= 4 is 63.3 Å². The van der Waals surface area contributed by atoms with E-state index >= 15 is 0 Å². The number of hydrazone groups is 1. The van der Waals surface area contributed by atoms with Crippen molar-refractivity contribution in [2.75, 3.05) is 11.1 Å². The number of aromatic nitrogens is 4. The Kier molecular flexibility index (Phi) is 5.15. The van der Waals surface area contributed by atoms with E-state index in [2.05, 4.69) is 30.8 Å². The number of benzene rings is 2. The minimum Gasteiger partial charge on any atom is -0.384 e. The van der Waals surface area contributed by atoms with Crippen LogP contribution in [0.3, 0.4) is 0 Å². The number of carbonyl (C=O) groups is 1. The lowest BCUT2D eigenvalue weighted by molar-refractivity contribution is -0.119. The number of nitrogens with one attached hydrogen (secondary N) is 2. The summed E-state index contributed by atoms with van der Waals surface area (Å²) in [5.74, 6) is 0.154. The zero-order valence-corrected chi connectivity index (χ0v) is 18.2. The normalized spacial score (nSPS) is 13.2. The first-order valence-corrected chi connectivity index (χ1v) is 10.4. The van der Waals surface area contributed by atoms with E-state index in [-0.39, 0.29) is 45.5 Å². The summed E-state index contributed by atoms with van der Waals surface area (Å²) < 4.78 is 1.13. The van der Waals surface area contributed by atoms with E-state index in [1.54, 1.807) is 30.3 Å². The number of halogens is 2. The van der Waals surface area contributed by atoms with Gasteiger partial charge < -0.3 is 11.1 Å². The van der Waals surface area contributed by atoms with E-state index in [4.69, 9.17) is 28.9 Å². The second-order valence-electron chi connectivity index (χ2n) is 7.09. The highest BCUT2D eigenvalue weighted by Gasteiger charge is 2.18. The van der Waals surface area contributed by atoms with E-state index in [9.17, 15) is 9.59 Å². The SMILES string of the molecule is Nc1c2cnc(Nc3ccc(C4=NNC(=O)C4)cc3)nc2nc(=O)n1-c1c(Cl)cccc1Cl. The highest BCUT2D eigenvalue weighted by molar-refractivity contribution is 6.37. The summed E-state index contributed by atoms with van der Waals surface area (Å²) in [5.41, 5.74) is 10.5. The minimum absolute atomic E-state index is 0.0661.